The van der Waals surface area contributed by atoms with Crippen molar-refractivity contribution < 1.29 is 23.1 Å². The van der Waals surface area contributed by atoms with E-state index in [2.05, 4.69) is 0 Å². The summed E-state index contributed by atoms with van der Waals surface area (Å²) in [6, 6.07) is -1.16. The van der Waals surface area contributed by atoms with E-state index in [9.17, 15) is 18.0 Å². The molecule has 1 aromatic heterocycles. The van der Waals surface area contributed by atoms with Crippen molar-refractivity contribution in [2.75, 3.05) is 0 Å². The molecule has 0 aliphatic heterocycles. The zero-order valence-corrected chi connectivity index (χ0v) is 7.52. The molecule has 1 atom stereocenters. The van der Waals surface area contributed by atoms with Gasteiger partial charge < -0.3 is 10.8 Å². The lowest BCUT2D eigenvalue weighted by Gasteiger charge is -2.14. The maximum atomic E-state index is 12.1. The number of hydrogen-bond acceptors (Lipinski definition) is 3. The topological polar surface area (TPSA) is 63.3 Å². The Bertz CT molecular complexity index is 347. The van der Waals surface area contributed by atoms with E-state index in [-0.39, 0.29) is 4.88 Å². The predicted octanol–water partition coefficient (Wildman–Crippen LogP) is 2.01. The molecule has 0 radical (unpaired) electrons. The Morgan fingerprint density at radius 1 is 1.57 bits per heavy atom. The van der Waals surface area contributed by atoms with Crippen LogP contribution in [0, 0.1) is 0 Å². The zero-order valence-electron chi connectivity index (χ0n) is 6.71. The van der Waals surface area contributed by atoms with Gasteiger partial charge >= 0.3 is 12.1 Å². The quantitative estimate of drug-likeness (QED) is 0.809. The molecule has 0 fully saturated rings. The third kappa shape index (κ3) is 2.05. The van der Waals surface area contributed by atoms with Crippen molar-refractivity contribution in [2.45, 2.75) is 12.2 Å². The fourth-order valence-corrected chi connectivity index (χ4v) is 1.70. The number of carbonyl (C=O) groups is 1. The van der Waals surface area contributed by atoms with Crippen molar-refractivity contribution in [3.05, 3.63) is 21.9 Å². The lowest BCUT2D eigenvalue weighted by Crippen LogP contribution is -2.29. The monoisotopic (exact) mass is 225 g/mol. The van der Waals surface area contributed by atoms with E-state index in [4.69, 9.17) is 10.8 Å². The molecule has 0 saturated carbocycles. The molecule has 1 heterocycles. The van der Waals surface area contributed by atoms with Crippen LogP contribution in [0.15, 0.2) is 11.4 Å². The maximum Gasteiger partial charge on any atom is 0.407 e. The van der Waals surface area contributed by atoms with Crippen LogP contribution in [0.5, 0.6) is 0 Å². The molecule has 1 rings (SSSR count). The van der Waals surface area contributed by atoms with Gasteiger partial charge in [0.1, 0.15) is 10.9 Å². The van der Waals surface area contributed by atoms with Crippen molar-refractivity contribution >= 4 is 17.3 Å². The Balaban J connectivity index is 3.07. The van der Waals surface area contributed by atoms with Crippen molar-refractivity contribution in [3.63, 3.8) is 0 Å². The molecule has 0 aliphatic rings. The minimum absolute atomic E-state index is 0.366. The Kier molecular flexibility index (Phi) is 2.81. The van der Waals surface area contributed by atoms with Crippen LogP contribution in [0.1, 0.15) is 21.3 Å². The van der Waals surface area contributed by atoms with E-state index >= 15 is 0 Å². The van der Waals surface area contributed by atoms with Crippen LogP contribution >= 0.6 is 11.3 Å². The summed E-state index contributed by atoms with van der Waals surface area (Å²) in [5, 5.41) is 9.82. The predicted molar refractivity (Wildman–Crippen MR) is 44.3 cm³/mol. The molecule has 0 spiro atoms. The van der Waals surface area contributed by atoms with Crippen molar-refractivity contribution in [2.24, 2.45) is 5.73 Å². The van der Waals surface area contributed by atoms with Crippen LogP contribution in [0.2, 0.25) is 0 Å². The molecule has 3 nitrogen and oxygen atoms in total. The number of nitrogens with two attached hydrogens (primary N) is 1. The first kappa shape index (κ1) is 11.0. The number of hydrogen-bond donors (Lipinski definition) is 2. The zero-order chi connectivity index (χ0) is 10.9. The van der Waals surface area contributed by atoms with E-state index in [0.29, 0.717) is 0 Å². The number of thiophene rings is 1. The summed E-state index contributed by atoms with van der Waals surface area (Å²) in [6.07, 6.45) is -4.62. The summed E-state index contributed by atoms with van der Waals surface area (Å²) in [5.41, 5.74) is 4.48. The van der Waals surface area contributed by atoms with Gasteiger partial charge in [0.15, 0.2) is 0 Å². The highest BCUT2D eigenvalue weighted by molar-refractivity contribution is 7.12. The Morgan fingerprint density at radius 2 is 2.14 bits per heavy atom. The first-order valence-corrected chi connectivity index (χ1v) is 4.35. The number of rotatable bonds is 2. The first-order chi connectivity index (χ1) is 6.34. The Hall–Kier alpha value is -1.08. The molecule has 0 unspecified atom stereocenters. The normalized spacial score (nSPS) is 14.0. The fourth-order valence-electron chi connectivity index (χ4n) is 0.914. The molecule has 14 heavy (non-hydrogen) atoms. The van der Waals surface area contributed by atoms with Gasteiger partial charge in [-0.15, -0.1) is 11.3 Å². The van der Waals surface area contributed by atoms with Gasteiger partial charge in [0.2, 0.25) is 0 Å². The van der Waals surface area contributed by atoms with Gasteiger partial charge in [-0.25, -0.2) is 4.79 Å². The van der Waals surface area contributed by atoms with Crippen molar-refractivity contribution in [1.29, 1.82) is 0 Å². The number of carboxylic acids is 1. The molecule has 7 heteroatoms. The van der Waals surface area contributed by atoms with Crippen LogP contribution in [-0.2, 0) is 0 Å². The number of carboxylic acid groups (broad SMARTS) is 1. The molecule has 1 aromatic rings. The molecule has 0 amide bonds. The van der Waals surface area contributed by atoms with Gasteiger partial charge in [-0.2, -0.15) is 13.2 Å². The van der Waals surface area contributed by atoms with E-state index in [1.807, 2.05) is 0 Å². The fraction of sp³-hybridized carbons (Fsp3) is 0.286. The van der Waals surface area contributed by atoms with E-state index in [1.54, 1.807) is 0 Å². The lowest BCUT2D eigenvalue weighted by molar-refractivity contribution is -0.149. The third-order valence-corrected chi connectivity index (χ3v) is 2.50. The summed E-state index contributed by atoms with van der Waals surface area (Å²) in [7, 11) is 0. The molecular weight excluding hydrogens is 219 g/mol. The minimum Gasteiger partial charge on any atom is -0.477 e. The largest absolute Gasteiger partial charge is 0.477 e. The molecule has 0 aromatic carbocycles. The van der Waals surface area contributed by atoms with Crippen LogP contribution in [0.4, 0.5) is 13.2 Å². The first-order valence-electron chi connectivity index (χ1n) is 3.47. The highest BCUT2D eigenvalue weighted by Crippen LogP contribution is 2.34. The van der Waals surface area contributed by atoms with Crippen LogP contribution in [0.3, 0.4) is 0 Å². The van der Waals surface area contributed by atoms with E-state index in [0.717, 1.165) is 17.4 Å². The van der Waals surface area contributed by atoms with E-state index < -0.39 is 23.8 Å². The molecule has 0 saturated heterocycles. The molecule has 0 bridgehead atoms. The van der Waals surface area contributed by atoms with E-state index in [1.165, 1.54) is 5.38 Å². The van der Waals surface area contributed by atoms with Gasteiger partial charge in [-0.3, -0.25) is 0 Å². The second-order valence-electron chi connectivity index (χ2n) is 2.53. The Morgan fingerprint density at radius 3 is 2.57 bits per heavy atom. The van der Waals surface area contributed by atoms with Gasteiger partial charge in [0.05, 0.1) is 0 Å². The summed E-state index contributed by atoms with van der Waals surface area (Å²) >= 11 is 0.723. The standard InChI is InChI=1S/C7H6F3NO2S/c8-7(9,10)5(11)3-1-2-14-4(3)6(12)13/h1-2,5H,11H2,(H,12,13)/t5-/m0/s1. The summed E-state index contributed by atoms with van der Waals surface area (Å²) in [6.45, 7) is 0. The molecule has 0 aliphatic carbocycles. The molecule has 78 valence electrons. The maximum absolute atomic E-state index is 12.1. The van der Waals surface area contributed by atoms with Crippen molar-refractivity contribution in [3.8, 4) is 0 Å². The smallest absolute Gasteiger partial charge is 0.407 e. The van der Waals surface area contributed by atoms with Gasteiger partial charge in [0, 0.05) is 5.56 Å². The summed E-state index contributed by atoms with van der Waals surface area (Å²) in [4.78, 5) is 10.1. The molecule has 3 N–H and O–H groups in total. The third-order valence-electron chi connectivity index (χ3n) is 1.58. The molecular formula is C7H6F3NO2S. The highest BCUT2D eigenvalue weighted by Gasteiger charge is 2.40. The van der Waals surface area contributed by atoms with Crippen LogP contribution < -0.4 is 5.73 Å². The average molecular weight is 225 g/mol. The van der Waals surface area contributed by atoms with Gasteiger partial charge in [-0.05, 0) is 11.4 Å². The van der Waals surface area contributed by atoms with Gasteiger partial charge in [-0.1, -0.05) is 0 Å². The number of halogens is 3. The summed E-state index contributed by atoms with van der Waals surface area (Å²) < 4.78 is 36.4. The lowest BCUT2D eigenvalue weighted by atomic mass is 10.1. The average Bonchev–Trinajstić information content (AvgIpc) is 2.48. The minimum atomic E-state index is -4.62. The number of aromatic carboxylic acids is 1. The SMILES string of the molecule is N[C@@H](c1ccsc1C(=O)O)C(F)(F)F. The highest BCUT2D eigenvalue weighted by atomic mass is 32.1. The Labute approximate surface area is 81.0 Å². The second kappa shape index (κ2) is 3.58. The van der Waals surface area contributed by atoms with Gasteiger partial charge in [0.25, 0.3) is 0 Å². The van der Waals surface area contributed by atoms with Crippen molar-refractivity contribution in [1.82, 2.24) is 0 Å². The summed E-state index contributed by atoms with van der Waals surface area (Å²) in [5.74, 6) is -1.39. The second-order valence-corrected chi connectivity index (χ2v) is 3.45. The van der Waals surface area contributed by atoms with Crippen LogP contribution in [0.25, 0.3) is 0 Å². The number of alkyl halides is 3. The van der Waals surface area contributed by atoms with Crippen LogP contribution in [-0.4, -0.2) is 17.3 Å².